The Kier molecular flexibility index (Phi) is 29.9. The molecule has 2 aliphatic heterocycles. The maximum atomic E-state index is 13.9. The Labute approximate surface area is 622 Å². The molecule has 0 amide bonds. The predicted octanol–water partition coefficient (Wildman–Crippen LogP) is 5.49. The maximum absolute atomic E-state index is 13.9. The van der Waals surface area contributed by atoms with Gasteiger partial charge in [-0.3, -0.25) is 34.6 Å². The van der Waals surface area contributed by atoms with Gasteiger partial charge in [-0.2, -0.15) is 14.4 Å². The molecule has 4 heterocycles. The van der Waals surface area contributed by atoms with Crippen molar-refractivity contribution < 1.29 is 162 Å². The first-order chi connectivity index (χ1) is 42.3. The van der Waals surface area contributed by atoms with E-state index in [4.69, 9.17) is 42.7 Å². The van der Waals surface area contributed by atoms with E-state index in [1.807, 2.05) is 17.0 Å². The van der Waals surface area contributed by atoms with Crippen LogP contribution in [-0.4, -0.2) is 115 Å². The molecule has 5 N–H and O–H groups in total. The zero-order chi connectivity index (χ0) is 64.7. The first-order valence-corrected chi connectivity index (χ1v) is 34.3. The number of nitrogens with one attached hydrogen (secondary N) is 5. The quantitative estimate of drug-likeness (QED) is 0.0200. The molecule has 2 saturated carbocycles. The Hall–Kier alpha value is -4.59. The third kappa shape index (κ3) is 21.5. The van der Waals surface area contributed by atoms with Gasteiger partial charge >= 0.3 is 108 Å². The summed E-state index contributed by atoms with van der Waals surface area (Å²) in [5, 5.41) is 48.8. The second-order valence-electron chi connectivity index (χ2n) is 22.6. The van der Waals surface area contributed by atoms with E-state index in [0.717, 1.165) is 76.6 Å². The van der Waals surface area contributed by atoms with E-state index in [-0.39, 0.29) is 167 Å². The molecule has 10 rings (SSSR count). The molecule has 25 nitrogen and oxygen atoms in total. The number of para-hydroxylation sites is 2. The van der Waals surface area contributed by atoms with Gasteiger partial charge in [-0.25, -0.2) is 9.97 Å². The van der Waals surface area contributed by atoms with E-state index in [0.29, 0.717) is 82.0 Å². The number of carbonyl (C=O) groups excluding carboxylic acids is 3. The Bertz CT molecular complexity index is 3660. The number of methoxy groups -OCH3 is 2. The molecule has 4 fully saturated rings. The number of piperidine rings is 2. The van der Waals surface area contributed by atoms with Crippen molar-refractivity contribution in [2.75, 3.05) is 93.2 Å². The molecule has 0 radical (unpaired) electrons. The Balaban J connectivity index is 0.000000315. The fourth-order valence-corrected chi connectivity index (χ4v) is 13.7. The summed E-state index contributed by atoms with van der Waals surface area (Å²) in [4.78, 5) is 75.2. The molecule has 2 aliphatic carbocycles. The van der Waals surface area contributed by atoms with E-state index in [1.54, 1.807) is 69.1 Å². The first kappa shape index (κ1) is 77.1. The molecule has 4 aromatic carbocycles. The van der Waals surface area contributed by atoms with Gasteiger partial charge in [-0.05, 0) is 126 Å². The van der Waals surface area contributed by atoms with E-state index in [2.05, 4.69) is 51.4 Å². The second kappa shape index (κ2) is 35.2. The van der Waals surface area contributed by atoms with Crippen molar-refractivity contribution >= 4 is 129 Å². The molecule has 32 heteroatoms. The van der Waals surface area contributed by atoms with Crippen molar-refractivity contribution in [2.45, 2.75) is 77.0 Å². The van der Waals surface area contributed by atoms with Gasteiger partial charge in [0.05, 0.1) is 59.2 Å². The molecule has 91 heavy (non-hydrogen) atoms. The van der Waals surface area contributed by atoms with Crippen LogP contribution in [0.15, 0.2) is 85.2 Å². The van der Waals surface area contributed by atoms with Gasteiger partial charge in [-0.15, -0.1) is 0 Å². The summed E-state index contributed by atoms with van der Waals surface area (Å²) in [6.45, 7) is 10.2. The number of nitro benzene ring substituents is 2. The van der Waals surface area contributed by atoms with E-state index >= 15 is 0 Å². The Morgan fingerprint density at radius 3 is 1.43 bits per heavy atom. The third-order valence-electron chi connectivity index (χ3n) is 16.0. The summed E-state index contributed by atoms with van der Waals surface area (Å²) in [6.07, 6.45) is 14.2. The van der Waals surface area contributed by atoms with Crippen molar-refractivity contribution in [3.05, 3.63) is 121 Å². The zero-order valence-corrected chi connectivity index (χ0v) is 61.5. The number of Topliss-reactive ketones (excluding diaryl/α,β-unsaturated/α-hetero) is 2. The average Bonchev–Trinajstić information content (AvgIpc) is 0.816. The molecule has 478 valence electrons. The number of carbonyl (C=O) groups is 3. The first-order valence-electron chi connectivity index (χ1n) is 28.3. The fraction of sp³-hybridized carbons (Fsp3) is 0.407. The van der Waals surface area contributed by atoms with Crippen LogP contribution in [0.3, 0.4) is 0 Å². The number of aromatic nitrogens is 4. The summed E-state index contributed by atoms with van der Waals surface area (Å²) in [6, 6.07) is 19.3. The van der Waals surface area contributed by atoms with Gasteiger partial charge in [0.15, 0.2) is 11.6 Å². The molecule has 2 aromatic heterocycles. The molecule has 4 aliphatic rings. The standard InChI is InChI=1S/C29H34ClN6O5P.C19H18ClFN5O4P.C10H17NO.CH2O3.2K.H/c1-41-25-17-23(35-14-12-29(13-15-35)10-8-19(37)9-11-29)24(36(38)39)16-22(25)33-28-31-18-20(30)27(34-28)32-21-6-4-5-7-26(21)42(2,3)40;1-30-16-8-12(21)15(26(27)28)9-14(16)24-19-22-10-11(20)18(25-19)23-13-6-4-5-7-17(13)31(2,3)29;12-9-1-3-10(4-2-9)5-7-11-8-6-10;2-1-4-3;;;/h4-7,16-18H,8-15H2,1-3H3,(H2,31,32,33,34);4-10H,1-3H3,(H2,22,23,24,25);11H,1-8H2;1,3H;;;/q;;;;2*+1;-1/p-1. The summed E-state index contributed by atoms with van der Waals surface area (Å²) in [5.41, 5.74) is 2.00. The van der Waals surface area contributed by atoms with Crippen molar-refractivity contribution in [2.24, 2.45) is 10.8 Å². The average molecular weight is 1390 g/mol. The molecule has 0 unspecified atom stereocenters. The number of rotatable bonds is 16. The second-order valence-corrected chi connectivity index (χ2v) is 29.8. The van der Waals surface area contributed by atoms with Crippen LogP contribution in [0.5, 0.6) is 11.5 Å². The van der Waals surface area contributed by atoms with Crippen molar-refractivity contribution in [1.82, 2.24) is 25.3 Å². The number of ketones is 2. The summed E-state index contributed by atoms with van der Waals surface area (Å²) < 4.78 is 50.0. The summed E-state index contributed by atoms with van der Waals surface area (Å²) in [7, 11) is -2.38. The van der Waals surface area contributed by atoms with Gasteiger partial charge in [0.1, 0.15) is 53.1 Å². The van der Waals surface area contributed by atoms with Crippen LogP contribution in [0.4, 0.5) is 67.7 Å². The number of hydrogen-bond donors (Lipinski definition) is 5. The monoisotopic (exact) mass is 1380 g/mol. The van der Waals surface area contributed by atoms with Crippen molar-refractivity contribution in [3.63, 3.8) is 0 Å². The van der Waals surface area contributed by atoms with Gasteiger partial charge in [0.2, 0.25) is 17.7 Å². The Morgan fingerprint density at radius 1 is 0.637 bits per heavy atom. The molecular weight excluding hydrogens is 1310 g/mol. The number of benzene rings is 4. The third-order valence-corrected chi connectivity index (χ3v) is 19.7. The summed E-state index contributed by atoms with van der Waals surface area (Å²) >= 11 is 12.6. The number of nitrogens with zero attached hydrogens (tertiary/aromatic N) is 7. The molecule has 6 aromatic rings. The van der Waals surface area contributed by atoms with E-state index in [9.17, 15) is 43.3 Å². The van der Waals surface area contributed by atoms with Crippen molar-refractivity contribution in [1.29, 1.82) is 0 Å². The number of anilines is 9. The minimum atomic E-state index is -2.59. The maximum Gasteiger partial charge on any atom is 1.00 e. The summed E-state index contributed by atoms with van der Waals surface area (Å²) in [5.74, 6) is 0.877. The van der Waals surface area contributed by atoms with Gasteiger partial charge in [0.25, 0.3) is 12.2 Å². The number of ether oxygens (including phenoxy) is 2. The normalized spacial score (nSPS) is 15.6. The SMILES string of the molecule is COc1cc(F)c([N+](=O)[O-])cc1Nc1ncc(Cl)c(Nc2ccccc2P(C)(C)=O)n1.COc1cc(N2CCC3(CCC(=O)CC3)CC2)c([N+](=O)[O-])cc1Nc1ncc(Cl)c(Nc2ccccc2P(C)(C)=O)n1.O=C1CCC2(CCNCC2)CC1.O=CO[O-].[H-].[K+].[K+]. The number of nitro groups is 2. The van der Waals surface area contributed by atoms with Gasteiger partial charge in [-0.1, -0.05) is 47.5 Å². The predicted molar refractivity (Wildman–Crippen MR) is 341 cm³/mol. The Morgan fingerprint density at radius 2 is 1.03 bits per heavy atom. The van der Waals surface area contributed by atoms with E-state index in [1.165, 1.54) is 45.5 Å². The molecule has 2 saturated heterocycles. The minimum Gasteiger partial charge on any atom is -1.00 e. The minimum absolute atomic E-state index is 0. The van der Waals surface area contributed by atoms with Gasteiger partial charge < -0.3 is 61.7 Å². The van der Waals surface area contributed by atoms with Crippen LogP contribution in [0.25, 0.3) is 0 Å². The molecular formula is C59H71Cl2FK2N12O13P2. The van der Waals surface area contributed by atoms with Crippen molar-refractivity contribution in [3.8, 4) is 11.5 Å². The van der Waals surface area contributed by atoms with Crippen LogP contribution in [0.1, 0.15) is 78.5 Å². The van der Waals surface area contributed by atoms with Crippen LogP contribution in [0.2, 0.25) is 10.0 Å². The van der Waals surface area contributed by atoms with E-state index < -0.39 is 35.6 Å². The topological polar surface area (TPSA) is 337 Å². The van der Waals surface area contributed by atoms with Gasteiger partial charge in [0, 0.05) is 73.6 Å². The zero-order valence-electron chi connectivity index (χ0n) is 52.9. The number of halogens is 3. The van der Waals surface area contributed by atoms with Crippen LogP contribution >= 0.6 is 37.5 Å². The molecule has 0 atom stereocenters. The largest absolute Gasteiger partial charge is 1.00 e. The van der Waals surface area contributed by atoms with Crippen LogP contribution in [-0.2, 0) is 28.4 Å². The fourth-order valence-electron chi connectivity index (χ4n) is 11.1. The van der Waals surface area contributed by atoms with Crippen LogP contribution in [0, 0.1) is 36.9 Å². The smallest absolute Gasteiger partial charge is 1.00 e. The molecule has 2 spiro atoms. The van der Waals surface area contributed by atoms with Crippen LogP contribution < -0.4 is 160 Å². The molecule has 0 bridgehead atoms. The number of hydrogen-bond acceptors (Lipinski definition) is 23.